The zero-order valence-corrected chi connectivity index (χ0v) is 15.8. The Kier molecular flexibility index (Phi) is 5.39. The van der Waals surface area contributed by atoms with Crippen molar-refractivity contribution in [1.82, 2.24) is 29.9 Å². The summed E-state index contributed by atoms with van der Waals surface area (Å²) in [6.45, 7) is 5.80. The predicted octanol–water partition coefficient (Wildman–Crippen LogP) is 2.78. The number of carbonyl (C=O) groups excluding carboxylic acids is 1. The van der Waals surface area contributed by atoms with Gasteiger partial charge in [0.2, 0.25) is 5.91 Å². The average molecular weight is 394 g/mol. The lowest BCUT2D eigenvalue weighted by Gasteiger charge is -2.10. The van der Waals surface area contributed by atoms with Crippen LogP contribution in [0.2, 0.25) is 0 Å². The number of pyridine rings is 1. The maximum atomic E-state index is 13.3. The standard InChI is InChI=1S/C18H21F3N6O/c1-11-8-23-26(9-11)6-4-5-22-15(28)10-27-17-16(13(3)25-27)14(18(19,20)21)7-12(2)24-17/h7-9H,4-6,10H2,1-3H3,(H,22,28). The summed E-state index contributed by atoms with van der Waals surface area (Å²) >= 11 is 0. The number of nitrogens with one attached hydrogen (secondary N) is 1. The van der Waals surface area contributed by atoms with Crippen LogP contribution in [0, 0.1) is 20.8 Å². The molecular weight excluding hydrogens is 373 g/mol. The molecule has 0 bridgehead atoms. The van der Waals surface area contributed by atoms with Crippen molar-refractivity contribution in [3.63, 3.8) is 0 Å². The lowest BCUT2D eigenvalue weighted by molar-refractivity contribution is -0.136. The van der Waals surface area contributed by atoms with Gasteiger partial charge in [0.15, 0.2) is 5.65 Å². The molecule has 0 aliphatic carbocycles. The molecule has 3 aromatic rings. The highest BCUT2D eigenvalue weighted by atomic mass is 19.4. The fraction of sp³-hybridized carbons (Fsp3) is 0.444. The van der Waals surface area contributed by atoms with Gasteiger partial charge in [-0.25, -0.2) is 9.67 Å². The third-order valence-electron chi connectivity index (χ3n) is 4.25. The van der Waals surface area contributed by atoms with Gasteiger partial charge >= 0.3 is 6.18 Å². The number of amides is 1. The molecule has 0 aliphatic rings. The molecule has 150 valence electrons. The molecule has 7 nitrogen and oxygen atoms in total. The number of carbonyl (C=O) groups is 1. The highest BCUT2D eigenvalue weighted by Gasteiger charge is 2.35. The molecule has 0 atom stereocenters. The molecule has 3 rings (SSSR count). The Balaban J connectivity index is 1.68. The second-order valence-electron chi connectivity index (χ2n) is 6.73. The maximum Gasteiger partial charge on any atom is 0.417 e. The van der Waals surface area contributed by atoms with Crippen LogP contribution in [0.1, 0.15) is 28.9 Å². The van der Waals surface area contributed by atoms with Crippen LogP contribution < -0.4 is 5.32 Å². The first-order chi connectivity index (χ1) is 13.1. The van der Waals surface area contributed by atoms with Crippen molar-refractivity contribution in [3.8, 4) is 0 Å². The van der Waals surface area contributed by atoms with E-state index >= 15 is 0 Å². The Labute approximate surface area is 159 Å². The summed E-state index contributed by atoms with van der Waals surface area (Å²) in [7, 11) is 0. The second kappa shape index (κ2) is 7.61. The van der Waals surface area contributed by atoms with E-state index in [1.807, 2.05) is 13.1 Å². The van der Waals surface area contributed by atoms with Crippen molar-refractivity contribution in [2.45, 2.75) is 46.5 Å². The first-order valence-corrected chi connectivity index (χ1v) is 8.83. The Hall–Kier alpha value is -2.91. The van der Waals surface area contributed by atoms with Crippen LogP contribution in [0.25, 0.3) is 11.0 Å². The Bertz CT molecular complexity index is 1000. The predicted molar refractivity (Wildman–Crippen MR) is 96.6 cm³/mol. The summed E-state index contributed by atoms with van der Waals surface area (Å²) in [5.41, 5.74) is 0.749. The van der Waals surface area contributed by atoms with E-state index in [2.05, 4.69) is 20.5 Å². The van der Waals surface area contributed by atoms with Crippen LogP contribution in [0.3, 0.4) is 0 Å². The van der Waals surface area contributed by atoms with Crippen LogP contribution in [0.5, 0.6) is 0 Å². The minimum Gasteiger partial charge on any atom is -0.354 e. The largest absolute Gasteiger partial charge is 0.417 e. The molecule has 10 heteroatoms. The number of nitrogens with zero attached hydrogens (tertiary/aromatic N) is 5. The summed E-state index contributed by atoms with van der Waals surface area (Å²) in [4.78, 5) is 16.4. The minimum absolute atomic E-state index is 0.0620. The number of halogens is 3. The van der Waals surface area contributed by atoms with E-state index in [0.717, 1.165) is 11.6 Å². The number of rotatable bonds is 6. The number of hydrogen-bond donors (Lipinski definition) is 1. The highest BCUT2D eigenvalue weighted by molar-refractivity contribution is 5.85. The topological polar surface area (TPSA) is 77.6 Å². The van der Waals surface area contributed by atoms with Crippen molar-refractivity contribution < 1.29 is 18.0 Å². The van der Waals surface area contributed by atoms with Crippen LogP contribution in [0.4, 0.5) is 13.2 Å². The fourth-order valence-corrected chi connectivity index (χ4v) is 3.06. The lowest BCUT2D eigenvalue weighted by atomic mass is 10.1. The molecule has 0 saturated carbocycles. The molecule has 0 radical (unpaired) electrons. The molecular formula is C18H21F3N6O. The summed E-state index contributed by atoms with van der Waals surface area (Å²) < 4.78 is 43.0. The van der Waals surface area contributed by atoms with E-state index in [4.69, 9.17) is 0 Å². The second-order valence-corrected chi connectivity index (χ2v) is 6.73. The Morgan fingerprint density at radius 3 is 2.64 bits per heavy atom. The van der Waals surface area contributed by atoms with Crippen molar-refractivity contribution >= 4 is 16.9 Å². The molecule has 3 heterocycles. The van der Waals surface area contributed by atoms with E-state index in [-0.39, 0.29) is 34.9 Å². The van der Waals surface area contributed by atoms with Gasteiger partial charge in [-0.05, 0) is 38.8 Å². The van der Waals surface area contributed by atoms with E-state index in [9.17, 15) is 18.0 Å². The van der Waals surface area contributed by atoms with Gasteiger partial charge in [0, 0.05) is 25.0 Å². The van der Waals surface area contributed by atoms with Crippen LogP contribution in [0.15, 0.2) is 18.5 Å². The van der Waals surface area contributed by atoms with Crippen molar-refractivity contribution in [3.05, 3.63) is 41.0 Å². The molecule has 0 spiro atoms. The molecule has 0 unspecified atom stereocenters. The average Bonchev–Trinajstić information content (AvgIpc) is 3.14. The van der Waals surface area contributed by atoms with Gasteiger partial charge in [-0.1, -0.05) is 0 Å². The van der Waals surface area contributed by atoms with Crippen molar-refractivity contribution in [2.24, 2.45) is 0 Å². The molecule has 0 aliphatic heterocycles. The Morgan fingerprint density at radius 2 is 2.00 bits per heavy atom. The molecule has 28 heavy (non-hydrogen) atoms. The number of hydrogen-bond acceptors (Lipinski definition) is 4. The summed E-state index contributed by atoms with van der Waals surface area (Å²) in [6, 6.07) is 0.998. The number of aromatic nitrogens is 5. The minimum atomic E-state index is -4.52. The van der Waals surface area contributed by atoms with Gasteiger partial charge < -0.3 is 5.32 Å². The van der Waals surface area contributed by atoms with Gasteiger partial charge in [0.1, 0.15) is 6.54 Å². The smallest absolute Gasteiger partial charge is 0.354 e. The van der Waals surface area contributed by atoms with Crippen LogP contribution >= 0.6 is 0 Å². The number of alkyl halides is 3. The van der Waals surface area contributed by atoms with Gasteiger partial charge in [0.05, 0.1) is 22.8 Å². The van der Waals surface area contributed by atoms with Crippen molar-refractivity contribution in [1.29, 1.82) is 0 Å². The van der Waals surface area contributed by atoms with Gasteiger partial charge in [-0.15, -0.1) is 0 Å². The third kappa shape index (κ3) is 4.32. The van der Waals surface area contributed by atoms with Crippen molar-refractivity contribution in [2.75, 3.05) is 6.54 Å². The van der Waals surface area contributed by atoms with Crippen LogP contribution in [-0.4, -0.2) is 37.0 Å². The number of fused-ring (bicyclic) bond motifs is 1. The van der Waals surface area contributed by atoms with Gasteiger partial charge in [-0.2, -0.15) is 23.4 Å². The molecule has 3 aromatic heterocycles. The first-order valence-electron chi connectivity index (χ1n) is 8.83. The lowest BCUT2D eigenvalue weighted by Crippen LogP contribution is -2.29. The molecule has 1 N–H and O–H groups in total. The maximum absolute atomic E-state index is 13.3. The normalized spacial score (nSPS) is 11.9. The fourth-order valence-electron chi connectivity index (χ4n) is 3.06. The van der Waals surface area contributed by atoms with E-state index in [0.29, 0.717) is 19.5 Å². The first kappa shape index (κ1) is 19.8. The number of aryl methyl sites for hydroxylation is 4. The summed E-state index contributed by atoms with van der Waals surface area (Å²) in [5.74, 6) is -0.335. The zero-order valence-electron chi connectivity index (χ0n) is 15.8. The van der Waals surface area contributed by atoms with Gasteiger partial charge in [0.25, 0.3) is 0 Å². The van der Waals surface area contributed by atoms with Crippen LogP contribution in [-0.2, 0) is 24.1 Å². The zero-order chi connectivity index (χ0) is 20.5. The quantitative estimate of drug-likeness (QED) is 0.652. The van der Waals surface area contributed by atoms with E-state index < -0.39 is 11.7 Å². The summed E-state index contributed by atoms with van der Waals surface area (Å²) in [6.07, 6.45) is -0.167. The SMILES string of the molecule is Cc1cnn(CCCNC(=O)Cn2nc(C)c3c(C(F)(F)F)cc(C)nc32)c1. The van der Waals surface area contributed by atoms with E-state index in [1.165, 1.54) is 18.5 Å². The Morgan fingerprint density at radius 1 is 1.25 bits per heavy atom. The molecule has 0 saturated heterocycles. The third-order valence-corrected chi connectivity index (χ3v) is 4.25. The summed E-state index contributed by atoms with van der Waals surface area (Å²) in [5, 5.41) is 10.9. The molecule has 0 fully saturated rings. The van der Waals surface area contributed by atoms with Gasteiger partial charge in [-0.3, -0.25) is 9.48 Å². The van der Waals surface area contributed by atoms with E-state index in [1.54, 1.807) is 10.9 Å². The molecule has 1 amide bonds. The monoisotopic (exact) mass is 394 g/mol. The highest BCUT2D eigenvalue weighted by Crippen LogP contribution is 2.36. The molecule has 0 aromatic carbocycles.